The van der Waals surface area contributed by atoms with E-state index in [9.17, 15) is 4.79 Å². The van der Waals surface area contributed by atoms with Crippen LogP contribution in [0.1, 0.15) is 12.5 Å². The van der Waals surface area contributed by atoms with Gasteiger partial charge < -0.3 is 10.5 Å². The fraction of sp³-hybridized carbons (Fsp3) is 0.417. The van der Waals surface area contributed by atoms with Gasteiger partial charge in [0.05, 0.1) is 0 Å². The molecule has 88 valence electrons. The third-order valence-corrected chi connectivity index (χ3v) is 3.41. The fourth-order valence-electron chi connectivity index (χ4n) is 1.16. The molecule has 1 aromatic carbocycles. The summed E-state index contributed by atoms with van der Waals surface area (Å²) in [5.74, 6) is -0.342. The van der Waals surface area contributed by atoms with E-state index in [0.717, 1.165) is 5.56 Å². The first-order valence-electron chi connectivity index (χ1n) is 5.14. The van der Waals surface area contributed by atoms with Crippen LogP contribution in [0.15, 0.2) is 30.3 Å². The second-order valence-electron chi connectivity index (χ2n) is 3.56. The predicted octanol–water partition coefficient (Wildman–Crippen LogP) is 1.81. The van der Waals surface area contributed by atoms with Crippen LogP contribution in [0.3, 0.4) is 0 Å². The molecule has 0 spiro atoms. The molecule has 0 saturated heterocycles. The third kappa shape index (κ3) is 3.87. The highest BCUT2D eigenvalue weighted by atomic mass is 32.2. The Morgan fingerprint density at radius 1 is 1.44 bits per heavy atom. The summed E-state index contributed by atoms with van der Waals surface area (Å²) >= 11 is 1.56. The van der Waals surface area contributed by atoms with E-state index in [1.54, 1.807) is 11.8 Å². The second kappa shape index (κ2) is 6.55. The molecule has 0 aromatic heterocycles. The van der Waals surface area contributed by atoms with Crippen molar-refractivity contribution in [2.75, 3.05) is 6.26 Å². The molecule has 0 saturated carbocycles. The Labute approximate surface area is 100 Å². The van der Waals surface area contributed by atoms with Gasteiger partial charge in [0.15, 0.2) is 0 Å². The SMILES string of the molecule is CS[C@@H](C)[C@H](N)C(=O)OCc1ccccc1. The number of hydrogen-bond acceptors (Lipinski definition) is 4. The molecule has 0 aliphatic heterocycles. The Kier molecular flexibility index (Phi) is 5.35. The molecule has 0 unspecified atom stereocenters. The van der Waals surface area contributed by atoms with E-state index in [4.69, 9.17) is 10.5 Å². The monoisotopic (exact) mass is 239 g/mol. The minimum atomic E-state index is -0.557. The Bertz CT molecular complexity index is 329. The molecule has 0 bridgehead atoms. The molecule has 1 aromatic rings. The highest BCUT2D eigenvalue weighted by molar-refractivity contribution is 7.99. The average Bonchev–Trinajstić information content (AvgIpc) is 2.35. The molecular weight excluding hydrogens is 222 g/mol. The molecule has 0 fully saturated rings. The summed E-state index contributed by atoms with van der Waals surface area (Å²) in [5.41, 5.74) is 6.71. The van der Waals surface area contributed by atoms with Gasteiger partial charge in [0.25, 0.3) is 0 Å². The van der Waals surface area contributed by atoms with Gasteiger partial charge in [-0.3, -0.25) is 4.79 Å². The van der Waals surface area contributed by atoms with Crippen molar-refractivity contribution >= 4 is 17.7 Å². The van der Waals surface area contributed by atoms with E-state index >= 15 is 0 Å². The Morgan fingerprint density at radius 3 is 2.62 bits per heavy atom. The molecule has 16 heavy (non-hydrogen) atoms. The van der Waals surface area contributed by atoms with Gasteiger partial charge in [0.2, 0.25) is 0 Å². The number of benzene rings is 1. The molecule has 0 radical (unpaired) electrons. The Balaban J connectivity index is 2.41. The molecule has 0 amide bonds. The minimum Gasteiger partial charge on any atom is -0.460 e. The first-order valence-corrected chi connectivity index (χ1v) is 6.43. The Hall–Kier alpha value is -1.00. The highest BCUT2D eigenvalue weighted by Gasteiger charge is 2.21. The number of nitrogens with two attached hydrogens (primary N) is 1. The highest BCUT2D eigenvalue weighted by Crippen LogP contribution is 2.10. The number of rotatable bonds is 5. The zero-order valence-corrected chi connectivity index (χ0v) is 10.4. The summed E-state index contributed by atoms with van der Waals surface area (Å²) in [6.45, 7) is 2.20. The van der Waals surface area contributed by atoms with Crippen molar-refractivity contribution in [3.8, 4) is 0 Å². The number of hydrogen-bond donors (Lipinski definition) is 1. The van der Waals surface area contributed by atoms with Crippen molar-refractivity contribution in [1.29, 1.82) is 0 Å². The quantitative estimate of drug-likeness (QED) is 0.796. The maximum Gasteiger partial charge on any atom is 0.324 e. The molecule has 2 atom stereocenters. The van der Waals surface area contributed by atoms with E-state index in [0.29, 0.717) is 0 Å². The zero-order valence-electron chi connectivity index (χ0n) is 9.55. The van der Waals surface area contributed by atoms with Crippen molar-refractivity contribution in [1.82, 2.24) is 0 Å². The van der Waals surface area contributed by atoms with Crippen LogP contribution in [-0.4, -0.2) is 23.5 Å². The topological polar surface area (TPSA) is 52.3 Å². The number of thioether (sulfide) groups is 1. The maximum absolute atomic E-state index is 11.6. The third-order valence-electron chi connectivity index (χ3n) is 2.37. The van der Waals surface area contributed by atoms with Crippen molar-refractivity contribution < 1.29 is 9.53 Å². The number of carbonyl (C=O) groups is 1. The molecule has 4 heteroatoms. The van der Waals surface area contributed by atoms with Crippen LogP contribution in [-0.2, 0) is 16.1 Å². The van der Waals surface area contributed by atoms with Gasteiger partial charge in [0, 0.05) is 5.25 Å². The van der Waals surface area contributed by atoms with Crippen LogP contribution in [0.2, 0.25) is 0 Å². The van der Waals surface area contributed by atoms with Gasteiger partial charge in [-0.2, -0.15) is 11.8 Å². The standard InChI is InChI=1S/C12H17NO2S/c1-9(16-2)11(13)12(14)15-8-10-6-4-3-5-7-10/h3-7,9,11H,8,13H2,1-2H3/t9-,11-/m0/s1. The van der Waals surface area contributed by atoms with Crippen molar-refractivity contribution in [3.05, 3.63) is 35.9 Å². The second-order valence-corrected chi connectivity index (χ2v) is 4.77. The Morgan fingerprint density at radius 2 is 2.06 bits per heavy atom. The van der Waals surface area contributed by atoms with Crippen molar-refractivity contribution in [2.24, 2.45) is 5.73 Å². The van der Waals surface area contributed by atoms with Crippen LogP contribution in [0, 0.1) is 0 Å². The van der Waals surface area contributed by atoms with Crippen LogP contribution in [0.4, 0.5) is 0 Å². The molecule has 2 N–H and O–H groups in total. The number of carbonyl (C=O) groups excluding carboxylic acids is 1. The lowest BCUT2D eigenvalue weighted by atomic mass is 10.2. The van der Waals surface area contributed by atoms with Crippen LogP contribution in [0.25, 0.3) is 0 Å². The van der Waals surface area contributed by atoms with Crippen LogP contribution < -0.4 is 5.73 Å². The molecule has 0 aliphatic rings. The lowest BCUT2D eigenvalue weighted by Crippen LogP contribution is -2.39. The molecular formula is C12H17NO2S. The van der Waals surface area contributed by atoms with Crippen LogP contribution >= 0.6 is 11.8 Å². The summed E-state index contributed by atoms with van der Waals surface area (Å²) in [6.07, 6.45) is 1.93. The molecule has 0 aliphatic carbocycles. The molecule has 0 heterocycles. The zero-order chi connectivity index (χ0) is 12.0. The fourth-order valence-corrected chi connectivity index (χ4v) is 1.57. The van der Waals surface area contributed by atoms with E-state index in [1.165, 1.54) is 0 Å². The van der Waals surface area contributed by atoms with Gasteiger partial charge in [-0.1, -0.05) is 37.3 Å². The van der Waals surface area contributed by atoms with Gasteiger partial charge in [-0.15, -0.1) is 0 Å². The lowest BCUT2D eigenvalue weighted by molar-refractivity contribution is -0.146. The average molecular weight is 239 g/mol. The summed E-state index contributed by atoms with van der Waals surface area (Å²) < 4.78 is 5.14. The van der Waals surface area contributed by atoms with Gasteiger partial charge in [0.1, 0.15) is 12.6 Å². The van der Waals surface area contributed by atoms with E-state index in [2.05, 4.69) is 0 Å². The maximum atomic E-state index is 11.6. The smallest absolute Gasteiger partial charge is 0.324 e. The number of esters is 1. The lowest BCUT2D eigenvalue weighted by Gasteiger charge is -2.16. The summed E-state index contributed by atoms with van der Waals surface area (Å²) in [5, 5.41) is 0.0725. The van der Waals surface area contributed by atoms with E-state index < -0.39 is 6.04 Å². The van der Waals surface area contributed by atoms with Gasteiger partial charge in [-0.05, 0) is 11.8 Å². The van der Waals surface area contributed by atoms with Gasteiger partial charge >= 0.3 is 5.97 Å². The first-order chi connectivity index (χ1) is 7.65. The minimum absolute atomic E-state index is 0.0725. The summed E-state index contributed by atoms with van der Waals surface area (Å²) in [6, 6.07) is 9.01. The van der Waals surface area contributed by atoms with E-state index in [-0.39, 0.29) is 17.8 Å². The molecule has 3 nitrogen and oxygen atoms in total. The predicted molar refractivity (Wildman–Crippen MR) is 67.2 cm³/mol. The van der Waals surface area contributed by atoms with Crippen molar-refractivity contribution in [2.45, 2.75) is 24.8 Å². The van der Waals surface area contributed by atoms with Gasteiger partial charge in [-0.25, -0.2) is 0 Å². The van der Waals surface area contributed by atoms with Crippen molar-refractivity contribution in [3.63, 3.8) is 0 Å². The summed E-state index contributed by atoms with van der Waals surface area (Å²) in [7, 11) is 0. The van der Waals surface area contributed by atoms with E-state index in [1.807, 2.05) is 43.5 Å². The first kappa shape index (κ1) is 13.1. The van der Waals surface area contributed by atoms with Crippen LogP contribution in [0.5, 0.6) is 0 Å². The molecule has 1 rings (SSSR count). The normalized spacial score (nSPS) is 14.2. The largest absolute Gasteiger partial charge is 0.460 e. The number of ether oxygens (including phenoxy) is 1. The summed E-state index contributed by atoms with van der Waals surface area (Å²) in [4.78, 5) is 11.6.